The monoisotopic (exact) mass is 350 g/mol. The summed E-state index contributed by atoms with van der Waals surface area (Å²) in [5.74, 6) is -0.985. The summed E-state index contributed by atoms with van der Waals surface area (Å²) in [5, 5.41) is 21.4. The number of nitriles is 1. The molecular formula is C19H14N2O5. The highest BCUT2D eigenvalue weighted by atomic mass is 16.5. The van der Waals surface area contributed by atoms with E-state index in [2.05, 4.69) is 5.32 Å². The van der Waals surface area contributed by atoms with Crippen LogP contribution in [0.4, 0.5) is 5.69 Å². The summed E-state index contributed by atoms with van der Waals surface area (Å²) in [7, 11) is 0. The molecule has 130 valence electrons. The van der Waals surface area contributed by atoms with Crippen LogP contribution in [0.3, 0.4) is 0 Å². The lowest BCUT2D eigenvalue weighted by Crippen LogP contribution is -2.21. The predicted molar refractivity (Wildman–Crippen MR) is 92.3 cm³/mol. The first-order valence-corrected chi connectivity index (χ1v) is 7.70. The molecule has 2 aromatic carbocycles. The minimum atomic E-state index is -0.573. The van der Waals surface area contributed by atoms with Crippen molar-refractivity contribution in [3.63, 3.8) is 0 Å². The van der Waals surface area contributed by atoms with Crippen LogP contribution in [0.1, 0.15) is 11.1 Å². The fourth-order valence-corrected chi connectivity index (χ4v) is 2.39. The van der Waals surface area contributed by atoms with Crippen molar-refractivity contribution in [2.75, 3.05) is 11.9 Å². The van der Waals surface area contributed by atoms with Gasteiger partial charge in [-0.2, -0.15) is 5.26 Å². The van der Waals surface area contributed by atoms with E-state index < -0.39 is 18.5 Å². The van der Waals surface area contributed by atoms with Gasteiger partial charge < -0.3 is 19.6 Å². The number of benzene rings is 2. The van der Waals surface area contributed by atoms with Crippen LogP contribution in [0.5, 0.6) is 5.75 Å². The van der Waals surface area contributed by atoms with E-state index in [1.807, 2.05) is 6.07 Å². The number of anilines is 1. The quantitative estimate of drug-likeness (QED) is 0.684. The number of esters is 1. The first-order valence-electron chi connectivity index (χ1n) is 7.70. The normalized spacial score (nSPS) is 10.3. The lowest BCUT2D eigenvalue weighted by atomic mass is 10.1. The number of nitrogens with one attached hydrogen (secondary N) is 1. The van der Waals surface area contributed by atoms with Gasteiger partial charge in [-0.25, -0.2) is 0 Å². The second-order valence-corrected chi connectivity index (χ2v) is 5.52. The van der Waals surface area contributed by atoms with Gasteiger partial charge in [-0.05, 0) is 36.4 Å². The van der Waals surface area contributed by atoms with E-state index in [0.29, 0.717) is 27.8 Å². The van der Waals surface area contributed by atoms with E-state index in [9.17, 15) is 14.7 Å². The Hall–Kier alpha value is -3.79. The fraction of sp³-hybridized carbons (Fsp3) is 0.105. The summed E-state index contributed by atoms with van der Waals surface area (Å²) in [6.07, 6.45) is 1.37. The van der Waals surface area contributed by atoms with Crippen molar-refractivity contribution >= 4 is 28.5 Å². The molecule has 0 atom stereocenters. The Morgan fingerprint density at radius 2 is 1.96 bits per heavy atom. The number of rotatable bonds is 5. The maximum atomic E-state index is 11.9. The number of carbonyl (C=O) groups is 2. The van der Waals surface area contributed by atoms with Crippen molar-refractivity contribution in [1.82, 2.24) is 0 Å². The maximum Gasteiger partial charge on any atom is 0.310 e. The molecule has 0 saturated heterocycles. The molecule has 0 aliphatic heterocycles. The Balaban J connectivity index is 1.53. The third-order valence-corrected chi connectivity index (χ3v) is 3.64. The molecule has 0 fully saturated rings. The number of hydrogen-bond donors (Lipinski definition) is 2. The zero-order valence-electron chi connectivity index (χ0n) is 13.6. The summed E-state index contributed by atoms with van der Waals surface area (Å²) in [4.78, 5) is 23.8. The van der Waals surface area contributed by atoms with Gasteiger partial charge in [0.25, 0.3) is 5.91 Å². The highest BCUT2D eigenvalue weighted by molar-refractivity contribution is 5.93. The van der Waals surface area contributed by atoms with Crippen molar-refractivity contribution in [2.45, 2.75) is 6.42 Å². The summed E-state index contributed by atoms with van der Waals surface area (Å²) in [6.45, 7) is -0.421. The van der Waals surface area contributed by atoms with Crippen molar-refractivity contribution in [2.24, 2.45) is 0 Å². The summed E-state index contributed by atoms with van der Waals surface area (Å²) >= 11 is 0. The first-order chi connectivity index (χ1) is 12.5. The molecule has 0 spiro atoms. The van der Waals surface area contributed by atoms with Crippen LogP contribution in [0, 0.1) is 11.3 Å². The third kappa shape index (κ3) is 3.99. The fourth-order valence-electron chi connectivity index (χ4n) is 2.39. The number of fused-ring (bicyclic) bond motifs is 1. The molecule has 3 aromatic rings. The lowest BCUT2D eigenvalue weighted by molar-refractivity contribution is -0.146. The third-order valence-electron chi connectivity index (χ3n) is 3.64. The number of phenolic OH excluding ortho intramolecular Hbond substituents is 1. The van der Waals surface area contributed by atoms with Gasteiger partial charge in [-0.1, -0.05) is 0 Å². The topological polar surface area (TPSA) is 113 Å². The van der Waals surface area contributed by atoms with Crippen molar-refractivity contribution in [1.29, 1.82) is 5.26 Å². The van der Waals surface area contributed by atoms with Gasteiger partial charge in [0.1, 0.15) is 11.3 Å². The van der Waals surface area contributed by atoms with E-state index >= 15 is 0 Å². The van der Waals surface area contributed by atoms with Crippen LogP contribution in [0.25, 0.3) is 11.0 Å². The predicted octanol–water partition coefficient (Wildman–Crippen LogP) is 2.73. The number of hydrogen-bond acceptors (Lipinski definition) is 6. The molecule has 26 heavy (non-hydrogen) atoms. The number of phenols is 1. The molecule has 0 unspecified atom stereocenters. The zero-order chi connectivity index (χ0) is 18.5. The molecule has 0 aliphatic carbocycles. The minimum Gasteiger partial charge on any atom is -0.508 e. The molecule has 7 nitrogen and oxygen atoms in total. The second kappa shape index (κ2) is 7.40. The van der Waals surface area contributed by atoms with Crippen LogP contribution < -0.4 is 5.32 Å². The van der Waals surface area contributed by atoms with Gasteiger partial charge in [0, 0.05) is 22.7 Å². The van der Waals surface area contributed by atoms with Crippen molar-refractivity contribution < 1.29 is 23.8 Å². The Morgan fingerprint density at radius 3 is 2.69 bits per heavy atom. The summed E-state index contributed by atoms with van der Waals surface area (Å²) in [5.41, 5.74) is 2.06. The number of ether oxygens (including phenoxy) is 1. The van der Waals surface area contributed by atoms with Crippen molar-refractivity contribution in [3.05, 3.63) is 59.9 Å². The average Bonchev–Trinajstić information content (AvgIpc) is 3.02. The van der Waals surface area contributed by atoms with Crippen LogP contribution in [-0.2, 0) is 20.7 Å². The molecule has 1 heterocycles. The molecule has 2 N–H and O–H groups in total. The molecule has 0 aliphatic rings. The number of carbonyl (C=O) groups excluding carboxylic acids is 2. The van der Waals surface area contributed by atoms with Crippen LogP contribution in [0.15, 0.2) is 53.1 Å². The molecule has 7 heteroatoms. The Kier molecular flexibility index (Phi) is 4.85. The largest absolute Gasteiger partial charge is 0.508 e. The average molecular weight is 350 g/mol. The van der Waals surface area contributed by atoms with Gasteiger partial charge in [0.2, 0.25) is 0 Å². The Labute approximate surface area is 148 Å². The van der Waals surface area contributed by atoms with Crippen LogP contribution in [-0.4, -0.2) is 23.6 Å². The highest BCUT2D eigenvalue weighted by Crippen LogP contribution is 2.25. The molecule has 3 rings (SSSR count). The Morgan fingerprint density at radius 1 is 1.19 bits per heavy atom. The zero-order valence-corrected chi connectivity index (χ0v) is 13.6. The van der Waals surface area contributed by atoms with Gasteiger partial charge in [0.05, 0.1) is 24.3 Å². The Bertz CT molecular complexity index is 999. The SMILES string of the molecule is N#Cc1ccc(NC(=O)COC(=O)Cc2coc3cc(O)ccc23)cc1. The minimum absolute atomic E-state index is 0.0536. The molecule has 0 saturated carbocycles. The lowest BCUT2D eigenvalue weighted by Gasteiger charge is -2.06. The number of aromatic hydroxyl groups is 1. The van der Waals surface area contributed by atoms with E-state index in [-0.39, 0.29) is 12.2 Å². The highest BCUT2D eigenvalue weighted by Gasteiger charge is 2.13. The number of furan rings is 1. The van der Waals surface area contributed by atoms with E-state index in [1.165, 1.54) is 18.4 Å². The van der Waals surface area contributed by atoms with Crippen LogP contribution >= 0.6 is 0 Å². The smallest absolute Gasteiger partial charge is 0.310 e. The molecule has 1 amide bonds. The van der Waals surface area contributed by atoms with Gasteiger partial charge >= 0.3 is 5.97 Å². The molecule has 0 bridgehead atoms. The number of nitrogens with zero attached hydrogens (tertiary/aromatic N) is 1. The second-order valence-electron chi connectivity index (χ2n) is 5.52. The van der Waals surface area contributed by atoms with Crippen molar-refractivity contribution in [3.8, 4) is 11.8 Å². The van der Waals surface area contributed by atoms with E-state index in [1.54, 1.807) is 30.3 Å². The van der Waals surface area contributed by atoms with Crippen LogP contribution in [0.2, 0.25) is 0 Å². The summed E-state index contributed by atoms with van der Waals surface area (Å²) < 4.78 is 10.3. The number of amides is 1. The van der Waals surface area contributed by atoms with Gasteiger partial charge in [-0.3, -0.25) is 9.59 Å². The molecule has 1 aromatic heterocycles. The molecular weight excluding hydrogens is 336 g/mol. The van der Waals surface area contributed by atoms with Gasteiger partial charge in [0.15, 0.2) is 6.61 Å². The first kappa shape index (κ1) is 17.0. The van der Waals surface area contributed by atoms with E-state index in [4.69, 9.17) is 14.4 Å². The summed E-state index contributed by atoms with van der Waals surface area (Å²) in [6, 6.07) is 12.9. The van der Waals surface area contributed by atoms with Gasteiger partial charge in [-0.15, -0.1) is 0 Å². The van der Waals surface area contributed by atoms with E-state index in [0.717, 1.165) is 0 Å². The standard InChI is InChI=1S/C19H14N2O5/c20-9-12-1-3-14(4-2-12)21-18(23)11-26-19(24)7-13-10-25-17-8-15(22)5-6-16(13)17/h1-6,8,10,22H,7,11H2,(H,21,23). The molecule has 0 radical (unpaired) electrons. The maximum absolute atomic E-state index is 11.9.